The van der Waals surface area contributed by atoms with E-state index in [0.717, 1.165) is 16.9 Å². The maximum absolute atomic E-state index is 12.3. The van der Waals surface area contributed by atoms with Crippen molar-refractivity contribution in [3.8, 4) is 23.0 Å². The third-order valence-corrected chi connectivity index (χ3v) is 4.27. The number of carbonyl (C=O) groups is 1. The third-order valence-electron chi connectivity index (χ3n) is 4.27. The summed E-state index contributed by atoms with van der Waals surface area (Å²) in [6, 6.07) is 9.24. The van der Waals surface area contributed by atoms with Crippen LogP contribution < -0.4 is 18.9 Å². The summed E-state index contributed by atoms with van der Waals surface area (Å²) < 4.78 is 21.3. The molecule has 0 bridgehead atoms. The van der Waals surface area contributed by atoms with Crippen LogP contribution in [0.4, 0.5) is 0 Å². The van der Waals surface area contributed by atoms with Crippen molar-refractivity contribution in [3.05, 3.63) is 71.8 Å². The summed E-state index contributed by atoms with van der Waals surface area (Å²) in [6.45, 7) is 3.76. The molecule has 5 heteroatoms. The maximum Gasteiger partial charge on any atom is 0.178 e. The summed E-state index contributed by atoms with van der Waals surface area (Å²) in [5.41, 5.74) is 2.64. The summed E-state index contributed by atoms with van der Waals surface area (Å²) in [4.78, 5) is 12.3. The molecule has 0 amide bonds. The van der Waals surface area contributed by atoms with Crippen molar-refractivity contribution in [1.82, 2.24) is 0 Å². The molecule has 2 rings (SSSR count). The van der Waals surface area contributed by atoms with Crippen molar-refractivity contribution < 1.29 is 23.7 Å². The fourth-order valence-corrected chi connectivity index (χ4v) is 2.81. The number of benzene rings is 2. The molecule has 0 spiro atoms. The van der Waals surface area contributed by atoms with Gasteiger partial charge in [-0.25, -0.2) is 0 Å². The molecule has 2 aromatic carbocycles. The first-order chi connectivity index (χ1) is 14.1. The molecule has 152 valence electrons. The number of ether oxygens (including phenoxy) is 4. The zero-order valence-corrected chi connectivity index (χ0v) is 17.2. The van der Waals surface area contributed by atoms with Crippen LogP contribution in [0.2, 0.25) is 0 Å². The Morgan fingerprint density at radius 2 is 1.45 bits per heavy atom. The van der Waals surface area contributed by atoms with Gasteiger partial charge in [-0.05, 0) is 54.0 Å². The van der Waals surface area contributed by atoms with Gasteiger partial charge in [0, 0.05) is 11.6 Å². The molecule has 0 aliphatic heterocycles. The first-order valence-corrected chi connectivity index (χ1v) is 9.04. The fraction of sp³-hybridized carbons (Fsp3) is 0.208. The van der Waals surface area contributed by atoms with E-state index < -0.39 is 0 Å². The highest BCUT2D eigenvalue weighted by Gasteiger charge is 2.10. The predicted octanol–water partition coefficient (Wildman–Crippen LogP) is 4.75. The lowest BCUT2D eigenvalue weighted by Crippen LogP contribution is -1.95. The Balaban J connectivity index is 2.19. The number of rotatable bonds is 10. The molecule has 0 heterocycles. The van der Waals surface area contributed by atoms with E-state index in [-0.39, 0.29) is 5.78 Å². The minimum Gasteiger partial charge on any atom is -0.496 e. The van der Waals surface area contributed by atoms with Crippen LogP contribution in [0.25, 0.3) is 12.2 Å². The van der Waals surface area contributed by atoms with Crippen LogP contribution in [-0.2, 0) is 11.2 Å². The first-order valence-electron chi connectivity index (χ1n) is 9.04. The topological polar surface area (TPSA) is 54.0 Å². The Bertz CT molecular complexity index is 925. The first kappa shape index (κ1) is 21.8. The zero-order chi connectivity index (χ0) is 21.2. The van der Waals surface area contributed by atoms with Gasteiger partial charge in [0.05, 0.1) is 28.4 Å². The third kappa shape index (κ3) is 5.75. The summed E-state index contributed by atoms with van der Waals surface area (Å²) in [6.07, 6.45) is 8.96. The summed E-state index contributed by atoms with van der Waals surface area (Å²) >= 11 is 0. The van der Waals surface area contributed by atoms with E-state index in [9.17, 15) is 4.79 Å². The van der Waals surface area contributed by atoms with E-state index in [1.165, 1.54) is 12.2 Å². The van der Waals surface area contributed by atoms with Gasteiger partial charge in [-0.15, -0.1) is 6.58 Å². The van der Waals surface area contributed by atoms with Crippen LogP contribution in [0.3, 0.4) is 0 Å². The van der Waals surface area contributed by atoms with Gasteiger partial charge in [0.25, 0.3) is 0 Å². The molecule has 0 unspecified atom stereocenters. The molecule has 0 N–H and O–H groups in total. The van der Waals surface area contributed by atoms with Crippen molar-refractivity contribution in [2.24, 2.45) is 0 Å². The van der Waals surface area contributed by atoms with E-state index in [2.05, 4.69) is 6.58 Å². The van der Waals surface area contributed by atoms with Crippen molar-refractivity contribution in [1.29, 1.82) is 0 Å². The molecular formula is C24H26O5. The minimum atomic E-state index is -0.150. The number of methoxy groups -OCH3 is 4. The molecule has 0 aromatic heterocycles. The van der Waals surface area contributed by atoms with Crippen molar-refractivity contribution in [2.75, 3.05) is 28.4 Å². The normalized spacial score (nSPS) is 10.9. The van der Waals surface area contributed by atoms with E-state index >= 15 is 0 Å². The Morgan fingerprint density at radius 1 is 0.828 bits per heavy atom. The molecule has 0 saturated carbocycles. The zero-order valence-electron chi connectivity index (χ0n) is 17.2. The van der Waals surface area contributed by atoms with Gasteiger partial charge in [-0.2, -0.15) is 0 Å². The number of allylic oxidation sites excluding steroid dienone is 3. The van der Waals surface area contributed by atoms with E-state index in [4.69, 9.17) is 18.9 Å². The molecule has 5 nitrogen and oxygen atoms in total. The van der Waals surface area contributed by atoms with Crippen LogP contribution >= 0.6 is 0 Å². The second-order valence-electron chi connectivity index (χ2n) is 6.08. The SMILES string of the molecule is C=CCc1cc(/C=C/C(=O)/C=C/c2cc(OC)c(OC)cc2OC)ccc1OC. The van der Waals surface area contributed by atoms with Crippen molar-refractivity contribution in [3.63, 3.8) is 0 Å². The molecule has 0 saturated heterocycles. The molecule has 29 heavy (non-hydrogen) atoms. The monoisotopic (exact) mass is 394 g/mol. The van der Waals surface area contributed by atoms with Crippen LogP contribution in [0.5, 0.6) is 23.0 Å². The van der Waals surface area contributed by atoms with Gasteiger partial charge in [-0.3, -0.25) is 4.79 Å². The quantitative estimate of drug-likeness (QED) is 0.430. The highest BCUT2D eigenvalue weighted by molar-refractivity contribution is 6.04. The minimum absolute atomic E-state index is 0.150. The van der Waals surface area contributed by atoms with Crippen LogP contribution in [-0.4, -0.2) is 34.2 Å². The van der Waals surface area contributed by atoms with Crippen LogP contribution in [0, 0.1) is 0 Å². The van der Waals surface area contributed by atoms with E-state index in [1.54, 1.807) is 52.7 Å². The lowest BCUT2D eigenvalue weighted by Gasteiger charge is -2.11. The number of hydrogen-bond donors (Lipinski definition) is 0. The number of ketones is 1. The fourth-order valence-electron chi connectivity index (χ4n) is 2.81. The van der Waals surface area contributed by atoms with Crippen LogP contribution in [0.15, 0.2) is 55.1 Å². The van der Waals surface area contributed by atoms with Gasteiger partial charge in [0.1, 0.15) is 11.5 Å². The Hall–Kier alpha value is -3.47. The molecule has 0 aliphatic carbocycles. The van der Waals surface area contributed by atoms with Gasteiger partial charge < -0.3 is 18.9 Å². The summed E-state index contributed by atoms with van der Waals surface area (Å²) in [5.74, 6) is 2.35. The Labute approximate surface area is 171 Å². The van der Waals surface area contributed by atoms with E-state index in [0.29, 0.717) is 29.2 Å². The molecule has 0 radical (unpaired) electrons. The Kier molecular flexibility index (Phi) is 8.10. The smallest absolute Gasteiger partial charge is 0.178 e. The van der Waals surface area contributed by atoms with Gasteiger partial charge >= 0.3 is 0 Å². The second kappa shape index (κ2) is 10.8. The lowest BCUT2D eigenvalue weighted by molar-refractivity contribution is -0.110. The largest absolute Gasteiger partial charge is 0.496 e. The lowest BCUT2D eigenvalue weighted by atomic mass is 10.1. The Morgan fingerprint density at radius 3 is 2.07 bits per heavy atom. The maximum atomic E-state index is 12.3. The summed E-state index contributed by atoms with van der Waals surface area (Å²) in [7, 11) is 6.31. The average molecular weight is 394 g/mol. The standard InChI is InChI=1S/C24H26O5/c1-6-7-18-14-17(9-13-21(18)26-2)8-11-20(25)12-10-19-15-23(28-4)24(29-5)16-22(19)27-3/h6,8-16H,1,7H2,2-5H3/b11-8+,12-10+. The number of hydrogen-bond acceptors (Lipinski definition) is 5. The molecule has 0 atom stereocenters. The molecular weight excluding hydrogens is 368 g/mol. The highest BCUT2D eigenvalue weighted by Crippen LogP contribution is 2.35. The number of carbonyl (C=O) groups excluding carboxylic acids is 1. The second-order valence-corrected chi connectivity index (χ2v) is 6.08. The van der Waals surface area contributed by atoms with Crippen molar-refractivity contribution in [2.45, 2.75) is 6.42 Å². The highest BCUT2D eigenvalue weighted by atomic mass is 16.5. The molecule has 0 aliphatic rings. The van der Waals surface area contributed by atoms with E-state index in [1.807, 2.05) is 24.3 Å². The van der Waals surface area contributed by atoms with Gasteiger partial charge in [0.2, 0.25) is 0 Å². The van der Waals surface area contributed by atoms with Crippen molar-refractivity contribution >= 4 is 17.9 Å². The predicted molar refractivity (Wildman–Crippen MR) is 116 cm³/mol. The molecule has 2 aromatic rings. The van der Waals surface area contributed by atoms with Gasteiger partial charge in [0.15, 0.2) is 17.3 Å². The van der Waals surface area contributed by atoms with Gasteiger partial charge in [-0.1, -0.05) is 18.2 Å². The molecule has 0 fully saturated rings. The van der Waals surface area contributed by atoms with Crippen LogP contribution in [0.1, 0.15) is 16.7 Å². The average Bonchev–Trinajstić information content (AvgIpc) is 2.75. The summed E-state index contributed by atoms with van der Waals surface area (Å²) in [5, 5.41) is 0.